The van der Waals surface area contributed by atoms with Crippen LogP contribution >= 0.6 is 0 Å². The van der Waals surface area contributed by atoms with Crippen LogP contribution in [0.15, 0.2) is 30.4 Å². The van der Waals surface area contributed by atoms with Crippen molar-refractivity contribution >= 4 is 39.7 Å². The van der Waals surface area contributed by atoms with Crippen LogP contribution in [0.2, 0.25) is 0 Å². The molecule has 18 heteroatoms. The summed E-state index contributed by atoms with van der Waals surface area (Å²) in [5.41, 5.74) is -3.36. The first-order chi connectivity index (χ1) is 25.0. The number of alkyl halides is 3. The average molecular weight is 768 g/mol. The van der Waals surface area contributed by atoms with Gasteiger partial charge in [-0.05, 0) is 63.0 Å². The fourth-order valence-corrected chi connectivity index (χ4v) is 9.00. The van der Waals surface area contributed by atoms with Crippen LogP contribution in [0.5, 0.6) is 0 Å². The number of nitrogens with zero attached hydrogens (tertiary/aromatic N) is 2. The van der Waals surface area contributed by atoms with E-state index in [1.165, 1.54) is 17.0 Å². The van der Waals surface area contributed by atoms with Gasteiger partial charge in [0.1, 0.15) is 35.0 Å². The summed E-state index contributed by atoms with van der Waals surface area (Å²) in [4.78, 5) is 70.7. The molecule has 0 spiro atoms. The molecule has 1 aromatic rings. The van der Waals surface area contributed by atoms with E-state index in [1.807, 2.05) is 6.08 Å². The number of sulfonamides is 1. The summed E-state index contributed by atoms with van der Waals surface area (Å²) in [6.45, 7) is -0.394. The van der Waals surface area contributed by atoms with Crippen LogP contribution in [0.25, 0.3) is 0 Å². The van der Waals surface area contributed by atoms with Gasteiger partial charge in [0.2, 0.25) is 27.7 Å². The van der Waals surface area contributed by atoms with Crippen LogP contribution < -0.4 is 15.4 Å². The Labute approximate surface area is 303 Å². The molecule has 0 radical (unpaired) electrons. The van der Waals surface area contributed by atoms with E-state index in [1.54, 1.807) is 12.1 Å². The highest BCUT2D eigenvalue weighted by molar-refractivity contribution is 7.91. The SMILES string of the molecule is O=C1N[C@]2(C(=O)NS(=O)(=O)C3CC3)C[C@H]2/C=C\CCCCC[C@H](NC(=O)C2(C(F)(F)F)CC2)C(=O)N2C[C@H](OC(=O)N3Cc4cccc(F)c4C3)C[C@@H]12. The molecule has 6 aliphatic rings. The minimum absolute atomic E-state index is 0.0247. The number of carbonyl (C=O) groups excluding carboxylic acids is 5. The molecule has 288 valence electrons. The molecule has 1 saturated heterocycles. The van der Waals surface area contributed by atoms with E-state index in [4.69, 9.17) is 4.74 Å². The monoisotopic (exact) mass is 767 g/mol. The first-order valence-corrected chi connectivity index (χ1v) is 19.5. The van der Waals surface area contributed by atoms with Crippen molar-refractivity contribution in [3.05, 3.63) is 47.3 Å². The summed E-state index contributed by atoms with van der Waals surface area (Å²) in [5, 5.41) is 4.28. The van der Waals surface area contributed by atoms with Crippen molar-refractivity contribution in [3.8, 4) is 0 Å². The fraction of sp³-hybridized carbons (Fsp3) is 0.629. The summed E-state index contributed by atoms with van der Waals surface area (Å²) in [6, 6.07) is 1.59. The molecule has 3 aliphatic carbocycles. The number of fused-ring (bicyclic) bond motifs is 3. The molecule has 3 saturated carbocycles. The predicted octanol–water partition coefficient (Wildman–Crippen LogP) is 3.08. The summed E-state index contributed by atoms with van der Waals surface area (Å²) in [5.74, 6) is -5.04. The molecule has 3 aliphatic heterocycles. The van der Waals surface area contributed by atoms with Gasteiger partial charge in [-0.2, -0.15) is 13.2 Å². The number of carbonyl (C=O) groups is 5. The van der Waals surface area contributed by atoms with Crippen LogP contribution in [0.1, 0.15) is 81.8 Å². The number of hydrogen-bond acceptors (Lipinski definition) is 8. The highest BCUT2D eigenvalue weighted by Gasteiger charge is 2.69. The molecular weight excluding hydrogens is 726 g/mol. The zero-order chi connectivity index (χ0) is 37.9. The number of ether oxygens (including phenoxy) is 1. The smallest absolute Gasteiger partial charge is 0.410 e. The van der Waals surface area contributed by atoms with Crippen molar-refractivity contribution in [2.75, 3.05) is 6.54 Å². The number of nitrogens with one attached hydrogen (secondary N) is 3. The van der Waals surface area contributed by atoms with Gasteiger partial charge in [0, 0.05) is 24.4 Å². The molecule has 13 nitrogen and oxygen atoms in total. The van der Waals surface area contributed by atoms with Gasteiger partial charge in [-0.1, -0.05) is 37.1 Å². The second-order valence-electron chi connectivity index (χ2n) is 15.1. The Morgan fingerprint density at radius 1 is 1.00 bits per heavy atom. The molecule has 1 aromatic carbocycles. The highest BCUT2D eigenvalue weighted by atomic mass is 32.2. The second-order valence-corrected chi connectivity index (χ2v) is 17.1. The fourth-order valence-electron chi connectivity index (χ4n) is 7.64. The van der Waals surface area contributed by atoms with E-state index in [0.29, 0.717) is 49.7 Å². The summed E-state index contributed by atoms with van der Waals surface area (Å²) in [6.07, 6.45) is -1.47. The van der Waals surface area contributed by atoms with Gasteiger partial charge in [0.15, 0.2) is 0 Å². The van der Waals surface area contributed by atoms with Crippen molar-refractivity contribution in [1.82, 2.24) is 25.2 Å². The van der Waals surface area contributed by atoms with Gasteiger partial charge in [0.25, 0.3) is 5.91 Å². The normalized spacial score (nSPS) is 30.4. The van der Waals surface area contributed by atoms with Gasteiger partial charge in [-0.25, -0.2) is 17.6 Å². The standard InChI is InChI=1S/C35H41F4N5O8S/c36-25-9-6-7-20-17-43(19-24(20)25)32(49)52-22-15-27-28(45)41-34(31(48)42-53(50,51)23-11-12-23)16-21(34)8-4-2-1-3-5-10-26(29(46)44(27)18-22)40-30(47)33(13-14-33)35(37,38)39/h4,6-9,21-23,26-27H,1-3,5,10-19H2,(H,40,47)(H,41,45)(H,42,48)/b8-4-/t21-,22-,26+,27+,34-/m1/s1. The molecule has 3 N–H and O–H groups in total. The van der Waals surface area contributed by atoms with Crippen LogP contribution in [0.4, 0.5) is 22.4 Å². The predicted molar refractivity (Wildman–Crippen MR) is 177 cm³/mol. The van der Waals surface area contributed by atoms with Gasteiger partial charge < -0.3 is 20.3 Å². The van der Waals surface area contributed by atoms with Crippen LogP contribution in [0, 0.1) is 17.2 Å². The van der Waals surface area contributed by atoms with E-state index >= 15 is 0 Å². The number of benzene rings is 1. The van der Waals surface area contributed by atoms with Gasteiger partial charge in [0.05, 0.1) is 18.3 Å². The third kappa shape index (κ3) is 7.22. The van der Waals surface area contributed by atoms with Gasteiger partial charge in [-0.15, -0.1) is 0 Å². The van der Waals surface area contributed by atoms with E-state index < -0.39 is 105 Å². The minimum atomic E-state index is -4.83. The Morgan fingerprint density at radius 2 is 1.75 bits per heavy atom. The lowest BCUT2D eigenvalue weighted by Crippen LogP contribution is -2.59. The maximum Gasteiger partial charge on any atom is 0.410 e. The van der Waals surface area contributed by atoms with E-state index in [0.717, 1.165) is 4.90 Å². The zero-order valence-corrected chi connectivity index (χ0v) is 29.6. The van der Waals surface area contributed by atoms with Crippen molar-refractivity contribution in [1.29, 1.82) is 0 Å². The summed E-state index contributed by atoms with van der Waals surface area (Å²) >= 11 is 0. The molecule has 0 aromatic heterocycles. The molecular formula is C35H41F4N5O8S. The molecule has 53 heavy (non-hydrogen) atoms. The molecule has 4 fully saturated rings. The average Bonchev–Trinajstić information content (AvgIpc) is 4.03. The highest BCUT2D eigenvalue weighted by Crippen LogP contribution is 2.57. The lowest BCUT2D eigenvalue weighted by Gasteiger charge is -2.31. The Hall–Kier alpha value is -4.22. The molecule has 3 heterocycles. The summed E-state index contributed by atoms with van der Waals surface area (Å²) < 4.78 is 89.4. The first-order valence-electron chi connectivity index (χ1n) is 18.0. The van der Waals surface area contributed by atoms with E-state index in [9.17, 15) is 50.0 Å². The van der Waals surface area contributed by atoms with Crippen molar-refractivity contribution < 1.29 is 54.7 Å². The third-order valence-electron chi connectivity index (χ3n) is 11.3. The topological polar surface area (TPSA) is 171 Å². The molecule has 5 atom stereocenters. The molecule has 5 amide bonds. The lowest BCUT2D eigenvalue weighted by atomic mass is 10.0. The second kappa shape index (κ2) is 13.6. The number of hydrogen-bond donors (Lipinski definition) is 3. The van der Waals surface area contributed by atoms with Crippen LogP contribution in [-0.2, 0) is 47.0 Å². The Balaban J connectivity index is 1.15. The Kier molecular flexibility index (Phi) is 9.50. The van der Waals surface area contributed by atoms with Crippen LogP contribution in [0.3, 0.4) is 0 Å². The first kappa shape index (κ1) is 37.1. The Morgan fingerprint density at radius 3 is 2.43 bits per heavy atom. The zero-order valence-electron chi connectivity index (χ0n) is 28.8. The number of halogens is 4. The van der Waals surface area contributed by atoms with E-state index in [2.05, 4.69) is 15.4 Å². The number of allylic oxidation sites excluding steroid dienone is 1. The molecule has 7 rings (SSSR count). The number of amides is 5. The van der Waals surface area contributed by atoms with Crippen LogP contribution in [-0.4, -0.2) is 89.6 Å². The number of rotatable bonds is 6. The van der Waals surface area contributed by atoms with Crippen molar-refractivity contribution in [3.63, 3.8) is 0 Å². The van der Waals surface area contributed by atoms with E-state index in [-0.39, 0.29) is 38.9 Å². The van der Waals surface area contributed by atoms with Gasteiger partial charge >= 0.3 is 12.3 Å². The molecule has 0 unspecified atom stereocenters. The minimum Gasteiger partial charge on any atom is -0.444 e. The third-order valence-corrected chi connectivity index (χ3v) is 13.1. The quantitative estimate of drug-likeness (QED) is 0.293. The van der Waals surface area contributed by atoms with Crippen molar-refractivity contribution in [2.45, 2.75) is 119 Å². The molecule has 0 bridgehead atoms. The largest absolute Gasteiger partial charge is 0.444 e. The maximum atomic E-state index is 14.4. The maximum absolute atomic E-state index is 14.4. The lowest BCUT2D eigenvalue weighted by molar-refractivity contribution is -0.193. The summed E-state index contributed by atoms with van der Waals surface area (Å²) in [7, 11) is -3.99. The Bertz CT molecular complexity index is 1850. The van der Waals surface area contributed by atoms with Crippen molar-refractivity contribution in [2.24, 2.45) is 11.3 Å². The van der Waals surface area contributed by atoms with Gasteiger partial charge in [-0.3, -0.25) is 28.8 Å².